The molecule has 1 N–H and O–H groups in total. The lowest BCUT2D eigenvalue weighted by molar-refractivity contribution is -0.122. The van der Waals surface area contributed by atoms with Crippen LogP contribution in [0.3, 0.4) is 0 Å². The van der Waals surface area contributed by atoms with Gasteiger partial charge in [0.15, 0.2) is 0 Å². The summed E-state index contributed by atoms with van der Waals surface area (Å²) in [5, 5.41) is 4.99. The van der Waals surface area contributed by atoms with Gasteiger partial charge in [-0.1, -0.05) is 13.0 Å². The molecule has 2 heterocycles. The molecule has 0 saturated carbocycles. The average molecular weight is 373 g/mol. The van der Waals surface area contributed by atoms with E-state index in [1.54, 1.807) is 22.7 Å². The maximum absolute atomic E-state index is 11.9. The number of thiophene rings is 2. The summed E-state index contributed by atoms with van der Waals surface area (Å²) in [7, 11) is 0. The zero-order chi connectivity index (χ0) is 14.4. The van der Waals surface area contributed by atoms with E-state index in [2.05, 4.69) is 39.1 Å². The largest absolute Gasteiger partial charge is 0.350 e. The highest BCUT2D eigenvalue weighted by molar-refractivity contribution is 9.11. The van der Waals surface area contributed by atoms with Gasteiger partial charge in [-0.25, -0.2) is 0 Å². The quantitative estimate of drug-likeness (QED) is 0.803. The molecule has 0 aliphatic rings. The lowest BCUT2D eigenvalue weighted by Crippen LogP contribution is -2.36. The molecule has 0 bridgehead atoms. The molecular weight excluding hydrogens is 356 g/mol. The van der Waals surface area contributed by atoms with Gasteiger partial charge in [-0.05, 0) is 46.1 Å². The minimum Gasteiger partial charge on any atom is -0.350 e. The fourth-order valence-electron chi connectivity index (χ4n) is 1.79. The van der Waals surface area contributed by atoms with Crippen LogP contribution < -0.4 is 5.32 Å². The number of likely N-dealkylation sites (N-methyl/N-ethyl adjacent to an activating group) is 1. The van der Waals surface area contributed by atoms with Crippen molar-refractivity contribution in [1.29, 1.82) is 0 Å². The van der Waals surface area contributed by atoms with Gasteiger partial charge in [0.05, 0.1) is 16.9 Å². The third kappa shape index (κ3) is 5.01. The lowest BCUT2D eigenvalue weighted by atomic mass is 10.4. The minimum atomic E-state index is 0.0795. The predicted octanol–water partition coefficient (Wildman–Crippen LogP) is 3.71. The number of hydrogen-bond donors (Lipinski definition) is 1. The van der Waals surface area contributed by atoms with Crippen molar-refractivity contribution in [2.45, 2.75) is 20.0 Å². The Hall–Kier alpha value is -0.690. The number of amides is 1. The fraction of sp³-hybridized carbons (Fsp3) is 0.357. The Morgan fingerprint density at radius 1 is 1.35 bits per heavy atom. The molecule has 2 rings (SSSR count). The first-order valence-corrected chi connectivity index (χ1v) is 8.92. The molecule has 0 saturated heterocycles. The number of rotatable bonds is 7. The SMILES string of the molecule is CCN(CC(=O)NCc1cccs1)Cc1ccc(Br)s1. The third-order valence-electron chi connectivity index (χ3n) is 2.86. The Kier molecular flexibility index (Phi) is 6.22. The van der Waals surface area contributed by atoms with Gasteiger partial charge in [0.25, 0.3) is 0 Å². The van der Waals surface area contributed by atoms with Crippen molar-refractivity contribution in [2.75, 3.05) is 13.1 Å². The number of nitrogens with zero attached hydrogens (tertiary/aromatic N) is 1. The summed E-state index contributed by atoms with van der Waals surface area (Å²) in [6.07, 6.45) is 0. The molecule has 0 fully saturated rings. The Morgan fingerprint density at radius 3 is 2.80 bits per heavy atom. The molecular formula is C14H17BrN2OS2. The van der Waals surface area contributed by atoms with Crippen LogP contribution in [0.2, 0.25) is 0 Å². The minimum absolute atomic E-state index is 0.0795. The Bertz CT molecular complexity index is 539. The standard InChI is InChI=1S/C14H17BrN2OS2/c1-2-17(9-12-5-6-13(15)20-12)10-14(18)16-8-11-4-3-7-19-11/h3-7H,2,8-10H2,1H3,(H,16,18). The van der Waals surface area contributed by atoms with Crippen LogP contribution in [0.4, 0.5) is 0 Å². The number of hydrogen-bond acceptors (Lipinski definition) is 4. The van der Waals surface area contributed by atoms with Crippen LogP contribution in [0.5, 0.6) is 0 Å². The molecule has 2 aromatic heterocycles. The highest BCUT2D eigenvalue weighted by atomic mass is 79.9. The molecule has 2 aromatic rings. The Morgan fingerprint density at radius 2 is 2.20 bits per heavy atom. The van der Waals surface area contributed by atoms with E-state index in [1.165, 1.54) is 9.75 Å². The van der Waals surface area contributed by atoms with Crippen molar-refractivity contribution >= 4 is 44.5 Å². The summed E-state index contributed by atoms with van der Waals surface area (Å²) in [6, 6.07) is 8.18. The van der Waals surface area contributed by atoms with E-state index < -0.39 is 0 Å². The average Bonchev–Trinajstić information content (AvgIpc) is 3.07. The second kappa shape index (κ2) is 7.93. The maximum atomic E-state index is 11.9. The van der Waals surface area contributed by atoms with Gasteiger partial charge in [0, 0.05) is 16.3 Å². The van der Waals surface area contributed by atoms with Crippen molar-refractivity contribution in [3.63, 3.8) is 0 Å². The van der Waals surface area contributed by atoms with Crippen LogP contribution in [-0.2, 0) is 17.9 Å². The van der Waals surface area contributed by atoms with E-state index in [1.807, 2.05) is 23.6 Å². The van der Waals surface area contributed by atoms with Gasteiger partial charge in [0.1, 0.15) is 0 Å². The number of carbonyl (C=O) groups excluding carboxylic acids is 1. The van der Waals surface area contributed by atoms with E-state index in [-0.39, 0.29) is 5.91 Å². The molecule has 6 heteroatoms. The molecule has 0 spiro atoms. The molecule has 108 valence electrons. The smallest absolute Gasteiger partial charge is 0.234 e. The van der Waals surface area contributed by atoms with E-state index >= 15 is 0 Å². The van der Waals surface area contributed by atoms with Gasteiger partial charge >= 0.3 is 0 Å². The van der Waals surface area contributed by atoms with Gasteiger partial charge in [-0.3, -0.25) is 9.69 Å². The maximum Gasteiger partial charge on any atom is 0.234 e. The third-order valence-corrected chi connectivity index (χ3v) is 5.35. The van der Waals surface area contributed by atoms with E-state index in [0.29, 0.717) is 13.1 Å². The molecule has 0 aromatic carbocycles. The molecule has 0 aliphatic carbocycles. The van der Waals surface area contributed by atoms with Crippen molar-refractivity contribution in [3.05, 3.63) is 43.2 Å². The monoisotopic (exact) mass is 372 g/mol. The summed E-state index contributed by atoms with van der Waals surface area (Å²) in [4.78, 5) is 16.5. The van der Waals surface area contributed by atoms with E-state index in [4.69, 9.17) is 0 Å². The molecule has 0 unspecified atom stereocenters. The molecule has 1 amide bonds. The molecule has 0 atom stereocenters. The van der Waals surface area contributed by atoms with Crippen molar-refractivity contribution in [3.8, 4) is 0 Å². The summed E-state index contributed by atoms with van der Waals surface area (Å²) >= 11 is 6.84. The van der Waals surface area contributed by atoms with Crippen LogP contribution >= 0.6 is 38.6 Å². The van der Waals surface area contributed by atoms with Crippen LogP contribution in [0, 0.1) is 0 Å². The molecule has 0 aliphatic heterocycles. The van der Waals surface area contributed by atoms with Gasteiger partial charge in [-0.15, -0.1) is 22.7 Å². The zero-order valence-corrected chi connectivity index (χ0v) is 14.5. The van der Waals surface area contributed by atoms with Crippen molar-refractivity contribution in [2.24, 2.45) is 0 Å². The molecule has 3 nitrogen and oxygen atoms in total. The lowest BCUT2D eigenvalue weighted by Gasteiger charge is -2.18. The summed E-state index contributed by atoms with van der Waals surface area (Å²) < 4.78 is 1.13. The first-order valence-electron chi connectivity index (χ1n) is 6.43. The van der Waals surface area contributed by atoms with Crippen molar-refractivity contribution in [1.82, 2.24) is 10.2 Å². The Balaban J connectivity index is 1.78. The van der Waals surface area contributed by atoms with Crippen LogP contribution in [0.15, 0.2) is 33.4 Å². The second-order valence-electron chi connectivity index (χ2n) is 4.37. The highest BCUT2D eigenvalue weighted by Gasteiger charge is 2.10. The van der Waals surface area contributed by atoms with Crippen molar-refractivity contribution < 1.29 is 4.79 Å². The number of halogens is 1. The fourth-order valence-corrected chi connectivity index (χ4v) is 3.96. The van der Waals surface area contributed by atoms with Crippen LogP contribution in [0.1, 0.15) is 16.7 Å². The summed E-state index contributed by atoms with van der Waals surface area (Å²) in [6.45, 7) is 4.83. The van der Waals surface area contributed by atoms with Gasteiger partial charge < -0.3 is 5.32 Å². The predicted molar refractivity (Wildman–Crippen MR) is 89.1 cm³/mol. The number of carbonyl (C=O) groups is 1. The molecule has 20 heavy (non-hydrogen) atoms. The number of nitrogens with one attached hydrogen (secondary N) is 1. The summed E-state index contributed by atoms with van der Waals surface area (Å²) in [5.41, 5.74) is 0. The first-order chi connectivity index (χ1) is 9.67. The van der Waals surface area contributed by atoms with Gasteiger partial charge in [0.2, 0.25) is 5.91 Å². The van der Waals surface area contributed by atoms with E-state index in [9.17, 15) is 4.79 Å². The second-order valence-corrected chi connectivity index (χ2v) is 7.94. The van der Waals surface area contributed by atoms with E-state index in [0.717, 1.165) is 16.9 Å². The summed E-state index contributed by atoms with van der Waals surface area (Å²) in [5.74, 6) is 0.0795. The van der Waals surface area contributed by atoms with Crippen LogP contribution in [0.25, 0.3) is 0 Å². The first kappa shape index (κ1) is 15.7. The normalized spacial score (nSPS) is 10.9. The van der Waals surface area contributed by atoms with Gasteiger partial charge in [-0.2, -0.15) is 0 Å². The molecule has 0 radical (unpaired) electrons. The highest BCUT2D eigenvalue weighted by Crippen LogP contribution is 2.23. The Labute approximate surface area is 135 Å². The zero-order valence-electron chi connectivity index (χ0n) is 11.3. The topological polar surface area (TPSA) is 32.3 Å². The van der Waals surface area contributed by atoms with Crippen LogP contribution in [-0.4, -0.2) is 23.9 Å².